The predicted octanol–water partition coefficient (Wildman–Crippen LogP) is 0.412. The largest absolute Gasteiger partial charge is 0.390 e. The van der Waals surface area contributed by atoms with Crippen LogP contribution in [0, 0.1) is 0 Å². The second-order valence-corrected chi connectivity index (χ2v) is 2.69. The number of rotatable bonds is 3. The summed E-state index contributed by atoms with van der Waals surface area (Å²) in [4.78, 5) is 3.97. The van der Waals surface area contributed by atoms with Gasteiger partial charge in [0.25, 0.3) is 0 Å². The van der Waals surface area contributed by atoms with Crippen LogP contribution < -0.4 is 0 Å². The standard InChI is InChI=1S/C8H9N3O2/c12-5-8-4-11(6-9-8)3-7-1-2-13-10-7/h1-2,4,6,12H,3,5H2. The average Bonchev–Trinajstić information content (AvgIpc) is 2.76. The van der Waals surface area contributed by atoms with Crippen molar-refractivity contribution in [3.8, 4) is 0 Å². The van der Waals surface area contributed by atoms with Crippen molar-refractivity contribution in [2.24, 2.45) is 0 Å². The predicted molar refractivity (Wildman–Crippen MR) is 43.8 cm³/mol. The van der Waals surface area contributed by atoms with Crippen LogP contribution in [0.15, 0.2) is 29.4 Å². The van der Waals surface area contributed by atoms with E-state index < -0.39 is 0 Å². The molecule has 0 aromatic carbocycles. The number of hydrogen-bond donors (Lipinski definition) is 1. The lowest BCUT2D eigenvalue weighted by Gasteiger charge is -1.94. The molecule has 2 aromatic heterocycles. The minimum Gasteiger partial charge on any atom is -0.390 e. The molecule has 0 saturated heterocycles. The SMILES string of the molecule is OCc1cn(Cc2ccon2)cn1. The highest BCUT2D eigenvalue weighted by Gasteiger charge is 1.99. The highest BCUT2D eigenvalue weighted by Crippen LogP contribution is 2.01. The zero-order valence-electron chi connectivity index (χ0n) is 6.92. The maximum absolute atomic E-state index is 8.77. The molecule has 1 N–H and O–H groups in total. The van der Waals surface area contributed by atoms with Crippen molar-refractivity contribution >= 4 is 0 Å². The van der Waals surface area contributed by atoms with Crippen molar-refractivity contribution in [1.82, 2.24) is 14.7 Å². The first kappa shape index (κ1) is 8.00. The topological polar surface area (TPSA) is 64.1 Å². The van der Waals surface area contributed by atoms with E-state index in [9.17, 15) is 0 Å². The minimum atomic E-state index is -0.0359. The van der Waals surface area contributed by atoms with Gasteiger partial charge in [-0.05, 0) is 0 Å². The summed E-state index contributed by atoms with van der Waals surface area (Å²) in [6.07, 6.45) is 4.95. The lowest BCUT2D eigenvalue weighted by Crippen LogP contribution is -1.96. The maximum atomic E-state index is 8.77. The molecule has 2 heterocycles. The van der Waals surface area contributed by atoms with E-state index >= 15 is 0 Å². The molecule has 5 nitrogen and oxygen atoms in total. The van der Waals surface area contributed by atoms with Crippen molar-refractivity contribution in [3.63, 3.8) is 0 Å². The first-order chi connectivity index (χ1) is 6.38. The fourth-order valence-electron chi connectivity index (χ4n) is 1.08. The number of aliphatic hydroxyl groups is 1. The fraction of sp³-hybridized carbons (Fsp3) is 0.250. The monoisotopic (exact) mass is 179 g/mol. The number of imidazole rings is 1. The fourth-order valence-corrected chi connectivity index (χ4v) is 1.08. The summed E-state index contributed by atoms with van der Waals surface area (Å²) < 4.78 is 6.52. The van der Waals surface area contributed by atoms with Crippen molar-refractivity contribution < 1.29 is 9.63 Å². The Hall–Kier alpha value is -1.62. The van der Waals surface area contributed by atoms with Gasteiger partial charge in [-0.15, -0.1) is 0 Å². The van der Waals surface area contributed by atoms with E-state index in [0.717, 1.165) is 5.69 Å². The number of nitrogens with zero attached hydrogens (tertiary/aromatic N) is 3. The highest BCUT2D eigenvalue weighted by atomic mass is 16.5. The molecule has 0 aliphatic rings. The third kappa shape index (κ3) is 1.75. The quantitative estimate of drug-likeness (QED) is 0.741. The lowest BCUT2D eigenvalue weighted by molar-refractivity contribution is 0.277. The van der Waals surface area contributed by atoms with E-state index in [0.29, 0.717) is 12.2 Å². The van der Waals surface area contributed by atoms with E-state index in [1.165, 1.54) is 6.26 Å². The van der Waals surface area contributed by atoms with E-state index in [-0.39, 0.29) is 6.61 Å². The Morgan fingerprint density at radius 1 is 1.46 bits per heavy atom. The van der Waals surface area contributed by atoms with Gasteiger partial charge in [-0.1, -0.05) is 5.16 Å². The Morgan fingerprint density at radius 2 is 2.38 bits per heavy atom. The molecule has 2 aromatic rings. The van der Waals surface area contributed by atoms with Crippen molar-refractivity contribution in [2.75, 3.05) is 0 Å². The van der Waals surface area contributed by atoms with Crippen LogP contribution in [0.3, 0.4) is 0 Å². The Balaban J connectivity index is 2.10. The van der Waals surface area contributed by atoms with Gasteiger partial charge in [-0.25, -0.2) is 4.98 Å². The lowest BCUT2D eigenvalue weighted by atomic mass is 10.4. The molecule has 0 unspecified atom stereocenters. The average molecular weight is 179 g/mol. The Morgan fingerprint density at radius 3 is 3.00 bits per heavy atom. The van der Waals surface area contributed by atoms with Crippen molar-refractivity contribution in [1.29, 1.82) is 0 Å². The van der Waals surface area contributed by atoms with Gasteiger partial charge in [0, 0.05) is 12.3 Å². The van der Waals surface area contributed by atoms with Crippen LogP contribution >= 0.6 is 0 Å². The molecule has 2 rings (SSSR count). The van der Waals surface area contributed by atoms with Crippen LogP contribution in [0.25, 0.3) is 0 Å². The maximum Gasteiger partial charge on any atom is 0.124 e. The van der Waals surface area contributed by atoms with Gasteiger partial charge in [0.2, 0.25) is 0 Å². The Labute approximate surface area is 74.6 Å². The van der Waals surface area contributed by atoms with Gasteiger partial charge >= 0.3 is 0 Å². The first-order valence-corrected chi connectivity index (χ1v) is 3.89. The Bertz CT molecular complexity index is 366. The summed E-state index contributed by atoms with van der Waals surface area (Å²) in [5.74, 6) is 0. The molecule has 0 aliphatic heterocycles. The van der Waals surface area contributed by atoms with Gasteiger partial charge in [-0.3, -0.25) is 0 Å². The van der Waals surface area contributed by atoms with Crippen molar-refractivity contribution in [2.45, 2.75) is 13.2 Å². The molecule has 13 heavy (non-hydrogen) atoms. The number of hydrogen-bond acceptors (Lipinski definition) is 4. The summed E-state index contributed by atoms with van der Waals surface area (Å²) in [7, 11) is 0. The highest BCUT2D eigenvalue weighted by molar-refractivity contribution is 5.00. The zero-order valence-corrected chi connectivity index (χ0v) is 6.92. The Kier molecular flexibility index (Phi) is 2.09. The normalized spacial score (nSPS) is 10.5. The summed E-state index contributed by atoms with van der Waals surface area (Å²) in [5, 5.41) is 12.5. The van der Waals surface area contributed by atoms with Gasteiger partial charge in [0.15, 0.2) is 0 Å². The second-order valence-electron chi connectivity index (χ2n) is 2.69. The molecule has 0 radical (unpaired) electrons. The first-order valence-electron chi connectivity index (χ1n) is 3.89. The summed E-state index contributed by atoms with van der Waals surface area (Å²) in [5.41, 5.74) is 1.49. The van der Waals surface area contributed by atoms with Crippen LogP contribution in [0.1, 0.15) is 11.4 Å². The van der Waals surface area contributed by atoms with Gasteiger partial charge in [0.1, 0.15) is 12.0 Å². The van der Waals surface area contributed by atoms with Crippen LogP contribution in [-0.4, -0.2) is 19.8 Å². The summed E-state index contributed by atoms with van der Waals surface area (Å²) in [6, 6.07) is 1.79. The molecule has 0 amide bonds. The molecule has 0 fully saturated rings. The molecule has 0 spiro atoms. The van der Waals surface area contributed by atoms with Crippen LogP contribution in [0.2, 0.25) is 0 Å². The molecule has 0 bridgehead atoms. The molecule has 5 heteroatoms. The molecule has 0 aliphatic carbocycles. The van der Waals surface area contributed by atoms with Gasteiger partial charge in [0.05, 0.1) is 25.2 Å². The van der Waals surface area contributed by atoms with Crippen molar-refractivity contribution in [3.05, 3.63) is 36.2 Å². The molecule has 68 valence electrons. The summed E-state index contributed by atoms with van der Waals surface area (Å²) >= 11 is 0. The van der Waals surface area contributed by atoms with E-state index in [1.807, 2.05) is 4.57 Å². The molecular weight excluding hydrogens is 170 g/mol. The molecule has 0 saturated carbocycles. The van der Waals surface area contributed by atoms with E-state index in [1.54, 1.807) is 18.6 Å². The van der Waals surface area contributed by atoms with E-state index in [2.05, 4.69) is 14.7 Å². The van der Waals surface area contributed by atoms with Crippen LogP contribution in [0.4, 0.5) is 0 Å². The third-order valence-electron chi connectivity index (χ3n) is 1.68. The van der Waals surface area contributed by atoms with Gasteiger partial charge < -0.3 is 14.2 Å². The summed E-state index contributed by atoms with van der Waals surface area (Å²) in [6.45, 7) is 0.579. The molecule has 0 atom stereocenters. The van der Waals surface area contributed by atoms with Crippen LogP contribution in [0.5, 0.6) is 0 Å². The smallest absolute Gasteiger partial charge is 0.124 e. The zero-order chi connectivity index (χ0) is 9.10. The molecular formula is C8H9N3O2. The second kappa shape index (κ2) is 3.40. The number of aliphatic hydroxyl groups excluding tert-OH is 1. The number of aromatic nitrogens is 3. The van der Waals surface area contributed by atoms with Crippen LogP contribution in [-0.2, 0) is 13.2 Å². The van der Waals surface area contributed by atoms with Gasteiger partial charge in [-0.2, -0.15) is 0 Å². The minimum absolute atomic E-state index is 0.0359. The third-order valence-corrected chi connectivity index (χ3v) is 1.68. The van der Waals surface area contributed by atoms with E-state index in [4.69, 9.17) is 5.11 Å².